The van der Waals surface area contributed by atoms with Gasteiger partial charge in [-0.05, 0) is 28.9 Å². The van der Waals surface area contributed by atoms with E-state index in [9.17, 15) is 4.79 Å². The molecule has 0 bridgehead atoms. The minimum atomic E-state index is -1.41. The number of hydrogen-bond acceptors (Lipinski definition) is 3. The Morgan fingerprint density at radius 3 is 2.85 bits per heavy atom. The molecule has 0 saturated carbocycles. The maximum absolute atomic E-state index is 10.8. The van der Waals surface area contributed by atoms with Gasteiger partial charge in [-0.25, -0.2) is 9.78 Å². The van der Waals surface area contributed by atoms with E-state index in [2.05, 4.69) is 20.9 Å². The Morgan fingerprint density at radius 2 is 2.38 bits per heavy atom. The molecule has 0 spiro atoms. The normalized spacial score (nSPS) is 15.0. The van der Waals surface area contributed by atoms with Crippen LogP contribution < -0.4 is 5.73 Å². The zero-order chi connectivity index (χ0) is 10.1. The van der Waals surface area contributed by atoms with E-state index in [1.165, 1.54) is 6.92 Å². The second kappa shape index (κ2) is 3.43. The minimum absolute atomic E-state index is 0.461. The van der Waals surface area contributed by atoms with Crippen LogP contribution in [0, 0.1) is 0 Å². The summed E-state index contributed by atoms with van der Waals surface area (Å²) >= 11 is 3.15. The van der Waals surface area contributed by atoms with Gasteiger partial charge in [-0.1, -0.05) is 6.07 Å². The number of hydrogen-bond donors (Lipinski definition) is 2. The van der Waals surface area contributed by atoms with E-state index < -0.39 is 11.5 Å². The Hall–Kier alpha value is -0.940. The van der Waals surface area contributed by atoms with Crippen molar-refractivity contribution in [2.45, 2.75) is 12.5 Å². The van der Waals surface area contributed by atoms with Crippen molar-refractivity contribution in [2.24, 2.45) is 5.73 Å². The summed E-state index contributed by atoms with van der Waals surface area (Å²) in [5.41, 5.74) is 4.66. The number of nitrogens with two attached hydrogens (primary N) is 1. The highest BCUT2D eigenvalue weighted by atomic mass is 79.9. The molecule has 1 rings (SSSR count). The maximum atomic E-state index is 10.8. The van der Waals surface area contributed by atoms with Gasteiger partial charge in [0.2, 0.25) is 0 Å². The Labute approximate surface area is 83.9 Å². The van der Waals surface area contributed by atoms with Crippen LogP contribution in [0.25, 0.3) is 0 Å². The summed E-state index contributed by atoms with van der Waals surface area (Å²) in [6, 6.07) is 3.28. The van der Waals surface area contributed by atoms with Gasteiger partial charge < -0.3 is 10.8 Å². The second-order valence-electron chi connectivity index (χ2n) is 2.85. The van der Waals surface area contributed by atoms with Gasteiger partial charge in [0.1, 0.15) is 10.1 Å². The lowest BCUT2D eigenvalue weighted by molar-refractivity contribution is -0.143. The zero-order valence-corrected chi connectivity index (χ0v) is 8.58. The third kappa shape index (κ3) is 1.87. The quantitative estimate of drug-likeness (QED) is 0.765. The Morgan fingerprint density at radius 1 is 1.77 bits per heavy atom. The summed E-state index contributed by atoms with van der Waals surface area (Å²) in [6.45, 7) is 1.43. The molecule has 0 saturated heterocycles. The molecular formula is C8H9BrN2O2. The van der Waals surface area contributed by atoms with E-state index in [1.54, 1.807) is 18.3 Å². The number of halogens is 1. The van der Waals surface area contributed by atoms with Crippen LogP contribution >= 0.6 is 15.9 Å². The van der Waals surface area contributed by atoms with E-state index in [4.69, 9.17) is 10.8 Å². The van der Waals surface area contributed by atoms with E-state index in [1.807, 2.05) is 0 Å². The predicted molar refractivity (Wildman–Crippen MR) is 51.1 cm³/mol. The van der Waals surface area contributed by atoms with Gasteiger partial charge >= 0.3 is 5.97 Å². The molecule has 0 aliphatic carbocycles. The van der Waals surface area contributed by atoms with Crippen LogP contribution in [0.15, 0.2) is 22.9 Å². The number of rotatable bonds is 2. The zero-order valence-electron chi connectivity index (χ0n) is 6.99. The molecule has 70 valence electrons. The lowest BCUT2D eigenvalue weighted by Crippen LogP contribution is -2.42. The summed E-state index contributed by atoms with van der Waals surface area (Å²) in [5.74, 6) is -1.08. The van der Waals surface area contributed by atoms with Gasteiger partial charge in [-0.2, -0.15) is 0 Å². The molecule has 5 heteroatoms. The number of carbonyl (C=O) groups is 1. The smallest absolute Gasteiger partial charge is 0.328 e. The fourth-order valence-corrected chi connectivity index (χ4v) is 1.55. The Kier molecular flexibility index (Phi) is 2.68. The van der Waals surface area contributed by atoms with Crippen molar-refractivity contribution in [2.75, 3.05) is 0 Å². The number of aliphatic carboxylic acids is 1. The van der Waals surface area contributed by atoms with Crippen LogP contribution in [0.1, 0.15) is 12.5 Å². The van der Waals surface area contributed by atoms with Crippen molar-refractivity contribution in [3.63, 3.8) is 0 Å². The summed E-state index contributed by atoms with van der Waals surface area (Å²) in [7, 11) is 0. The molecule has 1 heterocycles. The molecule has 1 atom stereocenters. The Balaban J connectivity index is 3.22. The van der Waals surface area contributed by atoms with Crippen molar-refractivity contribution in [1.29, 1.82) is 0 Å². The Bertz CT molecular complexity index is 339. The summed E-state index contributed by atoms with van der Waals surface area (Å²) in [5, 5.41) is 8.85. The molecule has 3 N–H and O–H groups in total. The molecule has 0 aromatic carbocycles. The largest absolute Gasteiger partial charge is 0.480 e. The number of carboxylic acids is 1. The molecule has 0 aliphatic rings. The molecule has 0 amide bonds. The third-order valence-electron chi connectivity index (χ3n) is 1.76. The van der Waals surface area contributed by atoms with Gasteiger partial charge in [0.05, 0.1) is 0 Å². The molecular weight excluding hydrogens is 236 g/mol. The van der Waals surface area contributed by atoms with Gasteiger partial charge in [0, 0.05) is 11.8 Å². The molecule has 4 nitrogen and oxygen atoms in total. The maximum Gasteiger partial charge on any atom is 0.328 e. The fraction of sp³-hybridized carbons (Fsp3) is 0.250. The highest BCUT2D eigenvalue weighted by molar-refractivity contribution is 9.10. The van der Waals surface area contributed by atoms with Crippen molar-refractivity contribution in [3.8, 4) is 0 Å². The van der Waals surface area contributed by atoms with Gasteiger partial charge in [-0.3, -0.25) is 0 Å². The van der Waals surface area contributed by atoms with E-state index >= 15 is 0 Å². The van der Waals surface area contributed by atoms with Crippen LogP contribution in [0.5, 0.6) is 0 Å². The summed E-state index contributed by atoms with van der Waals surface area (Å²) in [6.07, 6.45) is 1.56. The number of nitrogens with zero attached hydrogens (tertiary/aromatic N) is 1. The summed E-state index contributed by atoms with van der Waals surface area (Å²) in [4.78, 5) is 14.7. The standard InChI is InChI=1S/C8H9BrN2O2/c1-8(10,7(12)13)5-3-2-4-11-6(5)9/h2-4H,10H2,1H3,(H,12,13)/t8-/m1/s1. The van der Waals surface area contributed by atoms with Crippen LogP contribution in [0.2, 0.25) is 0 Å². The first-order valence-electron chi connectivity index (χ1n) is 3.59. The van der Waals surface area contributed by atoms with Gasteiger partial charge in [-0.15, -0.1) is 0 Å². The van der Waals surface area contributed by atoms with Crippen LogP contribution in [0.3, 0.4) is 0 Å². The van der Waals surface area contributed by atoms with Crippen molar-refractivity contribution in [3.05, 3.63) is 28.5 Å². The number of carboxylic acid groups (broad SMARTS) is 1. The topological polar surface area (TPSA) is 76.2 Å². The lowest BCUT2D eigenvalue weighted by atomic mass is 9.95. The monoisotopic (exact) mass is 244 g/mol. The van der Waals surface area contributed by atoms with E-state index in [-0.39, 0.29) is 0 Å². The predicted octanol–water partition coefficient (Wildman–Crippen LogP) is 1.10. The molecule has 1 aromatic rings. The molecule has 0 unspecified atom stereocenters. The molecule has 0 fully saturated rings. The number of aromatic nitrogens is 1. The highest BCUT2D eigenvalue weighted by Gasteiger charge is 2.32. The van der Waals surface area contributed by atoms with Crippen LogP contribution in [-0.2, 0) is 10.3 Å². The van der Waals surface area contributed by atoms with E-state index in [0.29, 0.717) is 10.2 Å². The minimum Gasteiger partial charge on any atom is -0.480 e. The lowest BCUT2D eigenvalue weighted by Gasteiger charge is -2.20. The molecule has 0 radical (unpaired) electrons. The average Bonchev–Trinajstić information content (AvgIpc) is 2.04. The van der Waals surface area contributed by atoms with Crippen molar-refractivity contribution < 1.29 is 9.90 Å². The molecule has 0 aliphatic heterocycles. The second-order valence-corrected chi connectivity index (χ2v) is 3.60. The number of pyridine rings is 1. The first-order valence-corrected chi connectivity index (χ1v) is 4.39. The van der Waals surface area contributed by atoms with Gasteiger partial charge in [0.25, 0.3) is 0 Å². The molecule has 13 heavy (non-hydrogen) atoms. The molecule has 1 aromatic heterocycles. The summed E-state index contributed by atoms with van der Waals surface area (Å²) < 4.78 is 0.461. The SMILES string of the molecule is C[C@](N)(C(=O)O)c1cccnc1Br. The van der Waals surface area contributed by atoms with E-state index in [0.717, 1.165) is 0 Å². The fourth-order valence-electron chi connectivity index (χ4n) is 0.889. The van der Waals surface area contributed by atoms with Crippen molar-refractivity contribution in [1.82, 2.24) is 4.98 Å². The first kappa shape index (κ1) is 10.1. The average molecular weight is 245 g/mol. The first-order chi connectivity index (χ1) is 5.96. The van der Waals surface area contributed by atoms with Crippen LogP contribution in [-0.4, -0.2) is 16.1 Å². The third-order valence-corrected chi connectivity index (χ3v) is 2.39. The van der Waals surface area contributed by atoms with Crippen molar-refractivity contribution >= 4 is 21.9 Å². The highest BCUT2D eigenvalue weighted by Crippen LogP contribution is 2.24. The van der Waals surface area contributed by atoms with Gasteiger partial charge in [0.15, 0.2) is 0 Å². The van der Waals surface area contributed by atoms with Crippen LogP contribution in [0.4, 0.5) is 0 Å².